The Balaban J connectivity index is 1.75. The Hall–Kier alpha value is -0.900. The molecule has 2 heterocycles. The number of hydrogen-bond acceptors (Lipinski definition) is 6. The van der Waals surface area contributed by atoms with E-state index in [9.17, 15) is 18.3 Å². The van der Waals surface area contributed by atoms with Crippen LogP contribution in [-0.4, -0.2) is 60.5 Å². The number of aromatic nitrogens is 1. The molecule has 20 heavy (non-hydrogen) atoms. The van der Waals surface area contributed by atoms with Gasteiger partial charge in [-0.25, -0.2) is 4.98 Å². The number of anilines is 1. The van der Waals surface area contributed by atoms with Crippen LogP contribution in [-0.2, 0) is 10.9 Å². The number of hydrogen-bond donors (Lipinski definition) is 2. The van der Waals surface area contributed by atoms with Crippen LogP contribution in [0.5, 0.6) is 0 Å². The van der Waals surface area contributed by atoms with Crippen molar-refractivity contribution in [3.8, 4) is 0 Å². The van der Waals surface area contributed by atoms with Gasteiger partial charge in [-0.2, -0.15) is 13.2 Å². The van der Waals surface area contributed by atoms with Crippen LogP contribution in [0.2, 0.25) is 0 Å². The fourth-order valence-corrected chi connectivity index (χ4v) is 2.56. The van der Waals surface area contributed by atoms with Crippen LogP contribution in [0.15, 0.2) is 5.38 Å². The van der Waals surface area contributed by atoms with Crippen LogP contribution < -0.4 is 5.32 Å². The van der Waals surface area contributed by atoms with Crippen LogP contribution in [0.4, 0.5) is 18.3 Å². The van der Waals surface area contributed by atoms with E-state index in [2.05, 4.69) is 15.2 Å². The summed E-state index contributed by atoms with van der Waals surface area (Å²) >= 11 is 0.878. The maximum atomic E-state index is 12.4. The molecule has 0 aromatic carbocycles. The zero-order valence-corrected chi connectivity index (χ0v) is 11.5. The van der Waals surface area contributed by atoms with Crippen molar-refractivity contribution in [2.75, 3.05) is 44.7 Å². The van der Waals surface area contributed by atoms with E-state index >= 15 is 0 Å². The van der Waals surface area contributed by atoms with Gasteiger partial charge in [-0.1, -0.05) is 0 Å². The molecule has 0 aliphatic carbocycles. The Kier molecular flexibility index (Phi) is 5.19. The summed E-state index contributed by atoms with van der Waals surface area (Å²) in [6.45, 7) is 3.43. The van der Waals surface area contributed by atoms with Gasteiger partial charge in [-0.3, -0.25) is 4.90 Å². The fraction of sp³-hybridized carbons (Fsp3) is 0.727. The molecule has 1 aliphatic heterocycles. The van der Waals surface area contributed by atoms with Crippen LogP contribution in [0.3, 0.4) is 0 Å². The van der Waals surface area contributed by atoms with Gasteiger partial charge in [0.05, 0.1) is 19.3 Å². The summed E-state index contributed by atoms with van der Waals surface area (Å²) in [5, 5.41) is 13.7. The van der Waals surface area contributed by atoms with Crippen molar-refractivity contribution in [3.05, 3.63) is 11.1 Å². The lowest BCUT2D eigenvalue weighted by atomic mass is 10.3. The second-order valence-electron chi connectivity index (χ2n) is 4.48. The molecule has 1 aromatic heterocycles. The van der Waals surface area contributed by atoms with Gasteiger partial charge in [-0.05, 0) is 0 Å². The Morgan fingerprint density at radius 3 is 2.75 bits per heavy atom. The second kappa shape index (κ2) is 6.70. The average Bonchev–Trinajstić information content (AvgIpc) is 2.86. The molecule has 0 saturated carbocycles. The van der Waals surface area contributed by atoms with Crippen molar-refractivity contribution in [1.82, 2.24) is 9.88 Å². The van der Waals surface area contributed by atoms with Gasteiger partial charge in [0, 0.05) is 31.6 Å². The highest BCUT2D eigenvalue weighted by atomic mass is 32.1. The minimum absolute atomic E-state index is 0.165. The van der Waals surface area contributed by atoms with Gasteiger partial charge in [0.25, 0.3) is 0 Å². The van der Waals surface area contributed by atoms with Gasteiger partial charge < -0.3 is 15.2 Å². The van der Waals surface area contributed by atoms with Gasteiger partial charge in [0.15, 0.2) is 10.8 Å². The normalized spacial score (nSPS) is 19.0. The van der Waals surface area contributed by atoms with Crippen molar-refractivity contribution in [1.29, 1.82) is 0 Å². The van der Waals surface area contributed by atoms with Gasteiger partial charge in [0.2, 0.25) is 0 Å². The van der Waals surface area contributed by atoms with Crippen LogP contribution in [0.1, 0.15) is 5.69 Å². The second-order valence-corrected chi connectivity index (χ2v) is 5.34. The Bertz CT molecular complexity index is 421. The number of aliphatic hydroxyl groups is 1. The first-order valence-electron chi connectivity index (χ1n) is 6.20. The molecule has 2 rings (SSSR count). The van der Waals surface area contributed by atoms with Crippen molar-refractivity contribution < 1.29 is 23.0 Å². The molecule has 0 radical (unpaired) electrons. The SMILES string of the molecule is OC(CNc1nc(C(F)(F)F)cs1)CN1CCOCC1. The predicted molar refractivity (Wildman–Crippen MR) is 68.9 cm³/mol. The highest BCUT2D eigenvalue weighted by molar-refractivity contribution is 7.13. The summed E-state index contributed by atoms with van der Waals surface area (Å²) in [5.41, 5.74) is -0.910. The molecule has 2 N–H and O–H groups in total. The molecule has 114 valence electrons. The van der Waals surface area contributed by atoms with Crippen LogP contribution >= 0.6 is 11.3 Å². The van der Waals surface area contributed by atoms with Crippen LogP contribution in [0, 0.1) is 0 Å². The molecule has 1 aromatic rings. The first-order chi connectivity index (χ1) is 9.45. The number of aliphatic hydroxyl groups excluding tert-OH is 1. The largest absolute Gasteiger partial charge is 0.434 e. The Morgan fingerprint density at radius 1 is 1.45 bits per heavy atom. The molecule has 0 amide bonds. The molecule has 0 spiro atoms. The third-order valence-electron chi connectivity index (χ3n) is 2.86. The average molecular weight is 311 g/mol. The lowest BCUT2D eigenvalue weighted by Crippen LogP contribution is -2.42. The number of nitrogens with one attached hydrogen (secondary N) is 1. The molecule has 5 nitrogen and oxygen atoms in total. The summed E-state index contributed by atoms with van der Waals surface area (Å²) in [6, 6.07) is 0. The summed E-state index contributed by atoms with van der Waals surface area (Å²) in [6.07, 6.45) is -5.09. The first kappa shape index (κ1) is 15.5. The first-order valence-corrected chi connectivity index (χ1v) is 7.08. The van der Waals surface area contributed by atoms with Crippen molar-refractivity contribution >= 4 is 16.5 Å². The molecule has 1 unspecified atom stereocenters. The maximum Gasteiger partial charge on any atom is 0.434 e. The lowest BCUT2D eigenvalue weighted by molar-refractivity contribution is -0.140. The van der Waals surface area contributed by atoms with E-state index in [4.69, 9.17) is 4.74 Å². The van der Waals surface area contributed by atoms with Crippen LogP contribution in [0.25, 0.3) is 0 Å². The third kappa shape index (κ3) is 4.58. The monoisotopic (exact) mass is 311 g/mol. The molecule has 1 saturated heterocycles. The molecule has 9 heteroatoms. The number of ether oxygens (including phenoxy) is 1. The van der Waals surface area contributed by atoms with Gasteiger partial charge >= 0.3 is 6.18 Å². The zero-order chi connectivity index (χ0) is 14.6. The fourth-order valence-electron chi connectivity index (χ4n) is 1.84. The number of alkyl halides is 3. The maximum absolute atomic E-state index is 12.4. The number of β-amino-alcohol motifs (C(OH)–C–C–N with tert-alkyl or cyclic N) is 1. The zero-order valence-electron chi connectivity index (χ0n) is 10.7. The molecule has 1 atom stereocenters. The molecular weight excluding hydrogens is 295 g/mol. The Morgan fingerprint density at radius 2 is 2.15 bits per heavy atom. The number of halogens is 3. The van der Waals surface area contributed by atoms with Gasteiger partial charge in [-0.15, -0.1) is 11.3 Å². The minimum atomic E-state index is -4.43. The predicted octanol–water partition coefficient (Wildman–Crippen LogP) is 1.27. The smallest absolute Gasteiger partial charge is 0.390 e. The van der Waals surface area contributed by atoms with Crippen molar-refractivity contribution in [2.24, 2.45) is 0 Å². The lowest BCUT2D eigenvalue weighted by Gasteiger charge is -2.28. The molecule has 1 aliphatic rings. The number of morpholine rings is 1. The number of thiazole rings is 1. The molecular formula is C11H16F3N3O2S. The molecule has 1 fully saturated rings. The summed E-state index contributed by atoms with van der Waals surface area (Å²) < 4.78 is 42.3. The van der Waals surface area contributed by atoms with E-state index in [0.717, 1.165) is 29.8 Å². The quantitative estimate of drug-likeness (QED) is 0.857. The number of rotatable bonds is 5. The minimum Gasteiger partial charge on any atom is -0.390 e. The number of nitrogens with zero attached hydrogens (tertiary/aromatic N) is 2. The summed E-state index contributed by atoms with van der Waals surface area (Å²) in [4.78, 5) is 5.49. The third-order valence-corrected chi connectivity index (χ3v) is 3.66. The topological polar surface area (TPSA) is 57.6 Å². The highest BCUT2D eigenvalue weighted by Gasteiger charge is 2.33. The van der Waals surface area contributed by atoms with Crippen molar-refractivity contribution in [3.63, 3.8) is 0 Å². The highest BCUT2D eigenvalue weighted by Crippen LogP contribution is 2.31. The van der Waals surface area contributed by atoms with E-state index in [1.807, 2.05) is 0 Å². The molecule has 0 bridgehead atoms. The van der Waals surface area contributed by atoms with E-state index in [1.54, 1.807) is 0 Å². The summed E-state index contributed by atoms with van der Waals surface area (Å²) in [5.74, 6) is 0. The van der Waals surface area contributed by atoms with E-state index < -0.39 is 18.0 Å². The van der Waals surface area contributed by atoms with E-state index in [-0.39, 0.29) is 11.7 Å². The summed E-state index contributed by atoms with van der Waals surface area (Å²) in [7, 11) is 0. The van der Waals surface area contributed by atoms with E-state index in [0.29, 0.717) is 19.8 Å². The van der Waals surface area contributed by atoms with Crippen molar-refractivity contribution in [2.45, 2.75) is 12.3 Å². The van der Waals surface area contributed by atoms with Gasteiger partial charge in [0.1, 0.15) is 0 Å². The Labute approximate surface area is 118 Å². The standard InChI is InChI=1S/C11H16F3N3O2S/c12-11(13,14)9-7-20-10(16-9)15-5-8(18)6-17-1-3-19-4-2-17/h7-8,18H,1-6H2,(H,15,16). The van der Waals surface area contributed by atoms with E-state index in [1.165, 1.54) is 0 Å².